The van der Waals surface area contributed by atoms with Crippen molar-refractivity contribution in [2.45, 2.75) is 6.92 Å². The van der Waals surface area contributed by atoms with Gasteiger partial charge in [-0.05, 0) is 6.92 Å². The van der Waals surface area contributed by atoms with Gasteiger partial charge in [-0.2, -0.15) is 5.10 Å². The largest absolute Gasteiger partial charge is 0.342 e. The van der Waals surface area contributed by atoms with Gasteiger partial charge in [0, 0.05) is 7.05 Å². The Kier molecular flexibility index (Phi) is 1.67. The Balaban J connectivity index is 3.59. The molecular weight excluding hydrogens is 150 g/mol. The molecule has 1 aromatic rings. The van der Waals surface area contributed by atoms with E-state index >= 15 is 0 Å². The summed E-state index contributed by atoms with van der Waals surface area (Å²) in [6.07, 6.45) is 0. The number of hydrogen-bond acceptors (Lipinski definition) is 3. The summed E-state index contributed by atoms with van der Waals surface area (Å²) in [7, 11) is 1.57. The van der Waals surface area contributed by atoms with Gasteiger partial charge in [0.15, 0.2) is 0 Å². The lowest BCUT2D eigenvalue weighted by atomic mass is 10.5. The van der Waals surface area contributed by atoms with Gasteiger partial charge >= 0.3 is 5.69 Å². The normalized spacial score (nSPS) is 9.80. The van der Waals surface area contributed by atoms with Crippen molar-refractivity contribution in [2.24, 2.45) is 7.05 Å². The summed E-state index contributed by atoms with van der Waals surface area (Å²) >= 11 is 4.77. The van der Waals surface area contributed by atoms with E-state index < -0.39 is 0 Å². The lowest BCUT2D eigenvalue weighted by Crippen LogP contribution is -2.23. The molecule has 0 spiro atoms. The van der Waals surface area contributed by atoms with Crippen LogP contribution in [-0.4, -0.2) is 14.8 Å². The van der Waals surface area contributed by atoms with Gasteiger partial charge in [0.25, 0.3) is 0 Å². The molecule has 0 saturated heterocycles. The van der Waals surface area contributed by atoms with Crippen LogP contribution in [0.5, 0.6) is 0 Å². The molecule has 10 heavy (non-hydrogen) atoms. The lowest BCUT2D eigenvalue weighted by Gasteiger charge is -1.95. The number of H-pyrrole nitrogens is 1. The number of nitrogens with one attached hydrogen (secondary N) is 1. The van der Waals surface area contributed by atoms with E-state index in [2.05, 4.69) is 10.1 Å². The third-order valence-electron chi connectivity index (χ3n) is 1.14. The molecule has 54 valence electrons. The molecule has 1 heterocycles. The van der Waals surface area contributed by atoms with E-state index in [1.54, 1.807) is 14.0 Å². The zero-order chi connectivity index (χ0) is 7.72. The van der Waals surface area contributed by atoms with E-state index in [0.717, 1.165) is 0 Å². The van der Waals surface area contributed by atoms with Crippen molar-refractivity contribution in [3.63, 3.8) is 0 Å². The van der Waals surface area contributed by atoms with Crippen molar-refractivity contribution in [1.82, 2.24) is 14.8 Å². The van der Waals surface area contributed by atoms with Gasteiger partial charge in [-0.1, -0.05) is 12.2 Å². The number of rotatable bonds is 0. The van der Waals surface area contributed by atoms with Crippen LogP contribution in [0, 0.1) is 11.6 Å². The van der Waals surface area contributed by atoms with Crippen LogP contribution in [0.15, 0.2) is 4.79 Å². The second kappa shape index (κ2) is 2.34. The maximum absolute atomic E-state index is 10.8. The standard InChI is InChI=1S/C5H7N3OS/c1-3-4(10)6-5(9)8(2)7-3/h1-2H3,(H,6,9,10). The highest BCUT2D eigenvalue weighted by atomic mass is 32.1. The van der Waals surface area contributed by atoms with Crippen molar-refractivity contribution in [1.29, 1.82) is 0 Å². The molecule has 0 saturated carbocycles. The maximum atomic E-state index is 10.8. The molecule has 0 radical (unpaired) electrons. The molecule has 0 aliphatic carbocycles. The lowest BCUT2D eigenvalue weighted by molar-refractivity contribution is 0.656. The number of aromatic nitrogens is 3. The average Bonchev–Trinajstić information content (AvgIpc) is 1.84. The zero-order valence-corrected chi connectivity index (χ0v) is 6.53. The second-order valence-electron chi connectivity index (χ2n) is 1.97. The minimum absolute atomic E-state index is 0.282. The first-order valence-corrected chi connectivity index (χ1v) is 3.16. The molecule has 0 unspecified atom stereocenters. The Bertz CT molecular complexity index is 319. The molecule has 0 atom stereocenters. The molecular formula is C5H7N3OS. The number of nitrogens with zero attached hydrogens (tertiary/aromatic N) is 2. The molecule has 4 nitrogen and oxygen atoms in total. The van der Waals surface area contributed by atoms with Crippen molar-refractivity contribution in [3.8, 4) is 0 Å². The predicted octanol–water partition coefficient (Wildman–Crippen LogP) is 0.146. The molecule has 0 amide bonds. The van der Waals surface area contributed by atoms with E-state index in [0.29, 0.717) is 10.3 Å². The third-order valence-corrected chi connectivity index (χ3v) is 1.54. The van der Waals surface area contributed by atoms with Crippen molar-refractivity contribution in [2.75, 3.05) is 0 Å². The fourth-order valence-corrected chi connectivity index (χ4v) is 0.712. The summed E-state index contributed by atoms with van der Waals surface area (Å²) < 4.78 is 1.62. The van der Waals surface area contributed by atoms with Gasteiger partial charge in [-0.15, -0.1) is 0 Å². The third kappa shape index (κ3) is 1.13. The fraction of sp³-hybridized carbons (Fsp3) is 0.400. The molecule has 1 N–H and O–H groups in total. The number of aromatic amines is 1. The van der Waals surface area contributed by atoms with Gasteiger partial charge in [0.2, 0.25) is 0 Å². The minimum atomic E-state index is -0.282. The summed E-state index contributed by atoms with van der Waals surface area (Å²) in [6.45, 7) is 1.75. The van der Waals surface area contributed by atoms with E-state index in [1.165, 1.54) is 4.68 Å². The van der Waals surface area contributed by atoms with Gasteiger partial charge < -0.3 is 0 Å². The first-order chi connectivity index (χ1) is 4.61. The summed E-state index contributed by atoms with van der Waals surface area (Å²) in [6, 6.07) is 0. The van der Waals surface area contributed by atoms with Crippen LogP contribution in [0.4, 0.5) is 0 Å². The Labute approximate surface area is 62.5 Å². The van der Waals surface area contributed by atoms with E-state index in [9.17, 15) is 4.79 Å². The highest BCUT2D eigenvalue weighted by Gasteiger charge is 1.92. The Morgan fingerprint density at radius 1 is 1.70 bits per heavy atom. The van der Waals surface area contributed by atoms with Crippen molar-refractivity contribution in [3.05, 3.63) is 20.8 Å². The second-order valence-corrected chi connectivity index (χ2v) is 2.38. The summed E-state index contributed by atoms with van der Waals surface area (Å²) in [5.41, 5.74) is 0.382. The van der Waals surface area contributed by atoms with Gasteiger partial charge in [-0.3, -0.25) is 4.98 Å². The molecule has 0 fully saturated rings. The van der Waals surface area contributed by atoms with Crippen molar-refractivity contribution >= 4 is 12.2 Å². The quantitative estimate of drug-likeness (QED) is 0.545. The monoisotopic (exact) mass is 157 g/mol. The summed E-state index contributed by atoms with van der Waals surface area (Å²) in [5.74, 6) is 0. The Morgan fingerprint density at radius 3 is 2.80 bits per heavy atom. The summed E-state index contributed by atoms with van der Waals surface area (Å²) in [4.78, 5) is 13.2. The topological polar surface area (TPSA) is 50.7 Å². The molecule has 1 aromatic heterocycles. The molecule has 1 rings (SSSR count). The predicted molar refractivity (Wildman–Crippen MR) is 39.4 cm³/mol. The first kappa shape index (κ1) is 7.14. The van der Waals surface area contributed by atoms with E-state index in [1.807, 2.05) is 0 Å². The molecule has 0 bridgehead atoms. The summed E-state index contributed by atoms with van der Waals surface area (Å²) in [5, 5.41) is 3.84. The minimum Gasteiger partial charge on any atom is -0.295 e. The highest BCUT2D eigenvalue weighted by Crippen LogP contribution is 1.85. The van der Waals surface area contributed by atoms with Crippen LogP contribution in [0.25, 0.3) is 0 Å². The fourth-order valence-electron chi connectivity index (χ4n) is 0.584. The van der Waals surface area contributed by atoms with Crippen LogP contribution in [0.3, 0.4) is 0 Å². The van der Waals surface area contributed by atoms with E-state index in [-0.39, 0.29) is 5.69 Å². The van der Waals surface area contributed by atoms with Gasteiger partial charge in [-0.25, -0.2) is 9.48 Å². The number of aryl methyl sites for hydroxylation is 2. The molecule has 0 aliphatic heterocycles. The highest BCUT2D eigenvalue weighted by molar-refractivity contribution is 7.71. The van der Waals surface area contributed by atoms with Crippen LogP contribution < -0.4 is 5.69 Å². The van der Waals surface area contributed by atoms with Gasteiger partial charge in [0.1, 0.15) is 4.64 Å². The smallest absolute Gasteiger partial charge is 0.295 e. The van der Waals surface area contributed by atoms with Crippen LogP contribution in [0.2, 0.25) is 0 Å². The van der Waals surface area contributed by atoms with Crippen LogP contribution >= 0.6 is 12.2 Å². The average molecular weight is 157 g/mol. The van der Waals surface area contributed by atoms with Crippen molar-refractivity contribution < 1.29 is 0 Å². The maximum Gasteiger partial charge on any atom is 0.342 e. The Morgan fingerprint density at radius 2 is 2.30 bits per heavy atom. The SMILES string of the molecule is Cc1nn(C)c(=O)[nH]c1=S. The number of hydrogen-bond donors (Lipinski definition) is 1. The van der Waals surface area contributed by atoms with Crippen LogP contribution in [-0.2, 0) is 7.05 Å². The molecule has 0 aromatic carbocycles. The van der Waals surface area contributed by atoms with Crippen LogP contribution in [0.1, 0.15) is 5.69 Å². The first-order valence-electron chi connectivity index (χ1n) is 2.75. The van der Waals surface area contributed by atoms with E-state index in [4.69, 9.17) is 12.2 Å². The van der Waals surface area contributed by atoms with Gasteiger partial charge in [0.05, 0.1) is 5.69 Å². The Hall–Kier alpha value is -0.970. The zero-order valence-electron chi connectivity index (χ0n) is 5.71. The molecule has 0 aliphatic rings. The molecule has 5 heteroatoms.